The molecule has 2 aromatic heterocycles. The smallest absolute Gasteiger partial charge is 0.261 e. The molecule has 2 aromatic rings. The highest BCUT2D eigenvalue weighted by molar-refractivity contribution is 7.07. The van der Waals surface area contributed by atoms with Crippen LogP contribution >= 0.6 is 22.9 Å². The van der Waals surface area contributed by atoms with E-state index >= 15 is 0 Å². The number of pyridine rings is 1. The van der Waals surface area contributed by atoms with Gasteiger partial charge in [0.15, 0.2) is 0 Å². The molecule has 0 radical (unpaired) electrons. The summed E-state index contributed by atoms with van der Waals surface area (Å²) in [5, 5.41) is 4.43. The van der Waals surface area contributed by atoms with Crippen molar-refractivity contribution in [2.24, 2.45) is 0 Å². The molecule has 0 aliphatic heterocycles. The maximum absolute atomic E-state index is 13.0. The zero-order chi connectivity index (χ0) is 17.1. The molecule has 6 heteroatoms. The van der Waals surface area contributed by atoms with Gasteiger partial charge in [0.25, 0.3) is 11.5 Å². The fraction of sp³-hybridized carbons (Fsp3) is 0.412. The Morgan fingerprint density at radius 3 is 2.70 bits per heavy atom. The van der Waals surface area contributed by atoms with Crippen molar-refractivity contribution in [3.05, 3.63) is 54.6 Å². The van der Waals surface area contributed by atoms with Crippen LogP contribution in [0.5, 0.6) is 0 Å². The summed E-state index contributed by atoms with van der Waals surface area (Å²) in [6.07, 6.45) is 0.812. The summed E-state index contributed by atoms with van der Waals surface area (Å²) in [6.45, 7) is 7.95. The van der Waals surface area contributed by atoms with Crippen molar-refractivity contribution >= 4 is 28.8 Å². The van der Waals surface area contributed by atoms with E-state index in [-0.39, 0.29) is 23.1 Å². The van der Waals surface area contributed by atoms with Gasteiger partial charge < -0.3 is 9.88 Å². The number of thiophene rings is 1. The molecule has 4 nitrogen and oxygen atoms in total. The fourth-order valence-electron chi connectivity index (χ4n) is 2.48. The molecule has 0 aliphatic rings. The number of carbonyl (C=O) groups excluding carboxylic acids is 1. The first-order chi connectivity index (χ1) is 10.9. The van der Waals surface area contributed by atoms with Crippen molar-refractivity contribution in [2.45, 2.75) is 46.7 Å². The van der Waals surface area contributed by atoms with Crippen molar-refractivity contribution in [2.75, 3.05) is 0 Å². The quantitative estimate of drug-likeness (QED) is 0.878. The average molecular weight is 353 g/mol. The molecule has 0 aliphatic carbocycles. The molecule has 1 amide bonds. The molecule has 0 aromatic carbocycles. The van der Waals surface area contributed by atoms with Crippen LogP contribution in [0.15, 0.2) is 21.6 Å². The number of hydrogen-bond donors (Lipinski definition) is 1. The molecule has 2 heterocycles. The number of hydrogen-bond acceptors (Lipinski definition) is 3. The van der Waals surface area contributed by atoms with Gasteiger partial charge in [-0.15, -0.1) is 0 Å². The molecule has 0 saturated heterocycles. The second kappa shape index (κ2) is 7.32. The van der Waals surface area contributed by atoms with E-state index in [9.17, 15) is 9.59 Å². The van der Waals surface area contributed by atoms with Crippen LogP contribution < -0.4 is 5.56 Å². The monoisotopic (exact) mass is 352 g/mol. The predicted molar refractivity (Wildman–Crippen MR) is 95.5 cm³/mol. The Morgan fingerprint density at radius 1 is 1.43 bits per heavy atom. The van der Waals surface area contributed by atoms with E-state index in [1.807, 2.05) is 30.7 Å². The van der Waals surface area contributed by atoms with Crippen LogP contribution in [0.25, 0.3) is 0 Å². The van der Waals surface area contributed by atoms with Gasteiger partial charge in [0.05, 0.1) is 5.02 Å². The van der Waals surface area contributed by atoms with Crippen molar-refractivity contribution < 1.29 is 4.79 Å². The highest BCUT2D eigenvalue weighted by Gasteiger charge is 2.26. The number of H-pyrrole nitrogens is 1. The summed E-state index contributed by atoms with van der Waals surface area (Å²) in [5.74, 6) is -0.272. The van der Waals surface area contributed by atoms with Gasteiger partial charge in [0.2, 0.25) is 0 Å². The minimum atomic E-state index is -0.381. The average Bonchev–Trinajstić information content (AvgIpc) is 3.02. The normalized spacial score (nSPS) is 12.2. The van der Waals surface area contributed by atoms with Crippen molar-refractivity contribution in [3.63, 3.8) is 0 Å². The summed E-state index contributed by atoms with van der Waals surface area (Å²) < 4.78 is 0. The Balaban J connectivity index is 2.46. The Hall–Kier alpha value is -1.59. The molecule has 0 saturated carbocycles. The number of rotatable bonds is 5. The molecule has 0 fully saturated rings. The van der Waals surface area contributed by atoms with E-state index in [0.29, 0.717) is 22.8 Å². The number of nitrogens with zero attached hydrogens (tertiary/aromatic N) is 1. The van der Waals surface area contributed by atoms with E-state index in [1.165, 1.54) is 0 Å². The lowest BCUT2D eigenvalue weighted by Gasteiger charge is -2.29. The maximum atomic E-state index is 13.0. The van der Waals surface area contributed by atoms with E-state index in [0.717, 1.165) is 12.0 Å². The Morgan fingerprint density at radius 2 is 2.13 bits per heavy atom. The van der Waals surface area contributed by atoms with Crippen molar-refractivity contribution in [1.82, 2.24) is 9.88 Å². The lowest BCUT2D eigenvalue weighted by atomic mass is 10.1. The number of aryl methyl sites for hydroxylation is 1. The number of aromatic nitrogens is 1. The number of nitrogens with one attached hydrogen (secondary N) is 1. The summed E-state index contributed by atoms with van der Waals surface area (Å²) in [5.41, 5.74) is 1.94. The lowest BCUT2D eigenvalue weighted by molar-refractivity contribution is 0.0669. The van der Waals surface area contributed by atoms with Crippen LogP contribution in [0.3, 0.4) is 0 Å². The van der Waals surface area contributed by atoms with Crippen LogP contribution in [0, 0.1) is 13.8 Å². The number of carbonyl (C=O) groups is 1. The topological polar surface area (TPSA) is 53.2 Å². The second-order valence-corrected chi connectivity index (χ2v) is 6.87. The van der Waals surface area contributed by atoms with E-state index < -0.39 is 0 Å². The summed E-state index contributed by atoms with van der Waals surface area (Å²) in [7, 11) is 0. The Labute approximate surface area is 145 Å². The van der Waals surface area contributed by atoms with Crippen LogP contribution in [-0.2, 0) is 6.54 Å². The number of halogens is 1. The third kappa shape index (κ3) is 3.67. The molecular weight excluding hydrogens is 332 g/mol. The predicted octanol–water partition coefficient (Wildman–Crippen LogP) is 4.15. The summed E-state index contributed by atoms with van der Waals surface area (Å²) >= 11 is 7.81. The Kier molecular flexibility index (Phi) is 5.65. The molecule has 0 spiro atoms. The van der Waals surface area contributed by atoms with Gasteiger partial charge in [-0.3, -0.25) is 9.59 Å². The van der Waals surface area contributed by atoms with Crippen LogP contribution in [0.1, 0.15) is 47.4 Å². The molecule has 0 bridgehead atoms. The van der Waals surface area contributed by atoms with Gasteiger partial charge in [-0.05, 0) is 55.1 Å². The first-order valence-electron chi connectivity index (χ1n) is 7.57. The first-order valence-corrected chi connectivity index (χ1v) is 8.89. The lowest BCUT2D eigenvalue weighted by Crippen LogP contribution is -2.40. The van der Waals surface area contributed by atoms with Crippen LogP contribution in [0.4, 0.5) is 0 Å². The van der Waals surface area contributed by atoms with E-state index in [1.54, 1.807) is 30.1 Å². The third-order valence-electron chi connectivity index (χ3n) is 4.09. The number of aromatic amines is 1. The maximum Gasteiger partial charge on any atom is 0.261 e. The summed E-state index contributed by atoms with van der Waals surface area (Å²) in [6, 6.07) is 2.02. The highest BCUT2D eigenvalue weighted by Crippen LogP contribution is 2.22. The minimum absolute atomic E-state index is 0.0290. The number of amides is 1. The van der Waals surface area contributed by atoms with E-state index in [2.05, 4.69) is 4.98 Å². The van der Waals surface area contributed by atoms with Gasteiger partial charge in [0.1, 0.15) is 5.56 Å². The largest absolute Gasteiger partial charge is 0.331 e. The van der Waals surface area contributed by atoms with Gasteiger partial charge in [0, 0.05) is 18.3 Å². The minimum Gasteiger partial charge on any atom is -0.331 e. The summed E-state index contributed by atoms with van der Waals surface area (Å²) in [4.78, 5) is 29.7. The molecule has 124 valence electrons. The molecular formula is C17H21ClN2O2S. The highest BCUT2D eigenvalue weighted by atomic mass is 35.5. The fourth-order valence-corrected chi connectivity index (χ4v) is 3.28. The van der Waals surface area contributed by atoms with Gasteiger partial charge in [-0.25, -0.2) is 0 Å². The zero-order valence-electron chi connectivity index (χ0n) is 13.8. The van der Waals surface area contributed by atoms with E-state index in [4.69, 9.17) is 11.6 Å². The molecule has 1 atom stereocenters. The SMILES string of the molecule is CC[C@@H](C)N(Cc1ccsc1)C(=O)c1c(C)c(Cl)c(C)[nH]c1=O. The van der Waals surface area contributed by atoms with Gasteiger partial charge in [-0.2, -0.15) is 11.3 Å². The van der Waals surface area contributed by atoms with Crippen LogP contribution in [0.2, 0.25) is 5.02 Å². The second-order valence-electron chi connectivity index (χ2n) is 5.72. The zero-order valence-corrected chi connectivity index (χ0v) is 15.3. The first kappa shape index (κ1) is 17.8. The Bertz CT molecular complexity index is 753. The molecule has 2 rings (SSSR count). The standard InChI is InChI=1S/C17H21ClN2O2S/c1-5-10(2)20(8-13-6-7-23-9-13)17(22)14-11(3)15(18)12(4)19-16(14)21/h6-7,9-10H,5,8H2,1-4H3,(H,19,21)/t10-/m1/s1. The van der Waals surface area contributed by atoms with Crippen molar-refractivity contribution in [1.29, 1.82) is 0 Å². The molecule has 0 unspecified atom stereocenters. The van der Waals surface area contributed by atoms with Gasteiger partial charge >= 0.3 is 0 Å². The molecule has 1 N–H and O–H groups in total. The van der Waals surface area contributed by atoms with Crippen molar-refractivity contribution in [3.8, 4) is 0 Å². The molecule has 23 heavy (non-hydrogen) atoms. The van der Waals surface area contributed by atoms with Gasteiger partial charge in [-0.1, -0.05) is 18.5 Å². The third-order valence-corrected chi connectivity index (χ3v) is 5.39. The van der Waals surface area contributed by atoms with Crippen LogP contribution in [-0.4, -0.2) is 21.8 Å².